The van der Waals surface area contributed by atoms with Crippen LogP contribution in [0.2, 0.25) is 0 Å². The molecule has 16 heavy (non-hydrogen) atoms. The zero-order valence-corrected chi connectivity index (χ0v) is 10.6. The molecule has 0 aliphatic heterocycles. The molecule has 0 radical (unpaired) electrons. The number of ether oxygens (including phenoxy) is 1. The van der Waals surface area contributed by atoms with Crippen LogP contribution >= 0.6 is 0 Å². The van der Waals surface area contributed by atoms with Crippen LogP contribution in [0.3, 0.4) is 0 Å². The molecule has 0 aliphatic rings. The van der Waals surface area contributed by atoms with E-state index in [0.717, 1.165) is 24.3 Å². The molecule has 0 aliphatic carbocycles. The standard InChI is InChI=1S/C14H23NO/c1-4-5-6-9-16-14-10-11(2)7-8-13(14)12(3)15/h7-8,10,12H,4-6,9,15H2,1-3H3/t12-/m0/s1. The summed E-state index contributed by atoms with van der Waals surface area (Å²) in [7, 11) is 0. The molecule has 0 unspecified atom stereocenters. The van der Waals surface area contributed by atoms with Crippen LogP contribution in [0.15, 0.2) is 18.2 Å². The van der Waals surface area contributed by atoms with Crippen molar-refractivity contribution in [2.45, 2.75) is 46.1 Å². The summed E-state index contributed by atoms with van der Waals surface area (Å²) in [5.74, 6) is 0.950. The second kappa shape index (κ2) is 6.54. The summed E-state index contributed by atoms with van der Waals surface area (Å²) < 4.78 is 5.80. The Bertz CT molecular complexity index is 321. The van der Waals surface area contributed by atoms with Gasteiger partial charge >= 0.3 is 0 Å². The molecule has 0 amide bonds. The van der Waals surface area contributed by atoms with Crippen LogP contribution in [0.1, 0.15) is 50.3 Å². The molecule has 90 valence electrons. The summed E-state index contributed by atoms with van der Waals surface area (Å²) in [6.07, 6.45) is 3.56. The van der Waals surface area contributed by atoms with Crippen molar-refractivity contribution in [1.82, 2.24) is 0 Å². The van der Waals surface area contributed by atoms with E-state index in [1.807, 2.05) is 6.92 Å². The molecule has 0 spiro atoms. The van der Waals surface area contributed by atoms with E-state index in [1.165, 1.54) is 18.4 Å². The van der Waals surface area contributed by atoms with Gasteiger partial charge in [-0.05, 0) is 31.9 Å². The fourth-order valence-electron chi connectivity index (χ4n) is 1.68. The maximum absolute atomic E-state index is 5.92. The molecule has 1 atom stereocenters. The predicted molar refractivity (Wildman–Crippen MR) is 68.8 cm³/mol. The van der Waals surface area contributed by atoms with E-state index in [4.69, 9.17) is 10.5 Å². The molecule has 0 aromatic heterocycles. The molecule has 0 saturated carbocycles. The van der Waals surface area contributed by atoms with Gasteiger partial charge in [-0.25, -0.2) is 0 Å². The van der Waals surface area contributed by atoms with Gasteiger partial charge in [-0.15, -0.1) is 0 Å². The fourth-order valence-corrected chi connectivity index (χ4v) is 1.68. The highest BCUT2D eigenvalue weighted by molar-refractivity contribution is 5.38. The zero-order valence-electron chi connectivity index (χ0n) is 10.6. The van der Waals surface area contributed by atoms with Gasteiger partial charge in [-0.1, -0.05) is 31.9 Å². The average Bonchev–Trinajstić information content (AvgIpc) is 2.24. The first kappa shape index (κ1) is 13.0. The molecular formula is C14H23NO. The van der Waals surface area contributed by atoms with Crippen molar-refractivity contribution < 1.29 is 4.74 Å². The van der Waals surface area contributed by atoms with Crippen LogP contribution in [-0.2, 0) is 0 Å². The first-order chi connectivity index (χ1) is 7.65. The fraction of sp³-hybridized carbons (Fsp3) is 0.571. The van der Waals surface area contributed by atoms with Gasteiger partial charge < -0.3 is 10.5 Å². The number of nitrogens with two attached hydrogens (primary N) is 1. The first-order valence-corrected chi connectivity index (χ1v) is 6.14. The molecule has 0 fully saturated rings. The van der Waals surface area contributed by atoms with Gasteiger partial charge in [-0.3, -0.25) is 0 Å². The molecule has 2 N–H and O–H groups in total. The quantitative estimate of drug-likeness (QED) is 0.745. The summed E-state index contributed by atoms with van der Waals surface area (Å²) in [6, 6.07) is 6.25. The summed E-state index contributed by atoms with van der Waals surface area (Å²) in [5.41, 5.74) is 8.23. The van der Waals surface area contributed by atoms with Crippen molar-refractivity contribution in [1.29, 1.82) is 0 Å². The Labute approximate surface area is 98.8 Å². The highest BCUT2D eigenvalue weighted by Crippen LogP contribution is 2.25. The van der Waals surface area contributed by atoms with E-state index in [9.17, 15) is 0 Å². The van der Waals surface area contributed by atoms with Crippen LogP contribution in [0, 0.1) is 6.92 Å². The van der Waals surface area contributed by atoms with Crippen molar-refractivity contribution in [3.63, 3.8) is 0 Å². The number of hydrogen-bond acceptors (Lipinski definition) is 2. The lowest BCUT2D eigenvalue weighted by Crippen LogP contribution is -2.08. The van der Waals surface area contributed by atoms with Gasteiger partial charge in [0.2, 0.25) is 0 Å². The van der Waals surface area contributed by atoms with E-state index in [1.54, 1.807) is 0 Å². The predicted octanol–water partition coefficient (Wildman–Crippen LogP) is 3.58. The molecule has 0 saturated heterocycles. The van der Waals surface area contributed by atoms with E-state index in [2.05, 4.69) is 32.0 Å². The van der Waals surface area contributed by atoms with Gasteiger partial charge in [0.25, 0.3) is 0 Å². The second-order valence-electron chi connectivity index (χ2n) is 4.39. The largest absolute Gasteiger partial charge is 0.493 e. The number of rotatable bonds is 6. The SMILES string of the molecule is CCCCCOc1cc(C)ccc1[C@H](C)N. The third-order valence-corrected chi connectivity index (χ3v) is 2.67. The van der Waals surface area contributed by atoms with Gasteiger partial charge in [0, 0.05) is 11.6 Å². The highest BCUT2D eigenvalue weighted by Gasteiger charge is 2.07. The minimum atomic E-state index is 0.0294. The van der Waals surface area contributed by atoms with Gasteiger partial charge in [0.1, 0.15) is 5.75 Å². The van der Waals surface area contributed by atoms with E-state index >= 15 is 0 Å². The van der Waals surface area contributed by atoms with Crippen LogP contribution < -0.4 is 10.5 Å². The maximum Gasteiger partial charge on any atom is 0.124 e. The van der Waals surface area contributed by atoms with Crippen LogP contribution in [-0.4, -0.2) is 6.61 Å². The van der Waals surface area contributed by atoms with Crippen LogP contribution in [0.25, 0.3) is 0 Å². The van der Waals surface area contributed by atoms with E-state index < -0.39 is 0 Å². The topological polar surface area (TPSA) is 35.2 Å². The number of aryl methyl sites for hydroxylation is 1. The van der Waals surface area contributed by atoms with Crippen molar-refractivity contribution >= 4 is 0 Å². The molecule has 1 aromatic carbocycles. The van der Waals surface area contributed by atoms with Crippen LogP contribution in [0.5, 0.6) is 5.75 Å². The van der Waals surface area contributed by atoms with Crippen molar-refractivity contribution in [2.75, 3.05) is 6.61 Å². The molecular weight excluding hydrogens is 198 g/mol. The zero-order chi connectivity index (χ0) is 12.0. The average molecular weight is 221 g/mol. The summed E-state index contributed by atoms with van der Waals surface area (Å²) >= 11 is 0. The van der Waals surface area contributed by atoms with Gasteiger partial charge in [-0.2, -0.15) is 0 Å². The first-order valence-electron chi connectivity index (χ1n) is 6.14. The summed E-state index contributed by atoms with van der Waals surface area (Å²) in [5, 5.41) is 0. The number of benzene rings is 1. The van der Waals surface area contributed by atoms with Crippen molar-refractivity contribution in [3.8, 4) is 5.75 Å². The second-order valence-corrected chi connectivity index (χ2v) is 4.39. The van der Waals surface area contributed by atoms with Gasteiger partial charge in [0.05, 0.1) is 6.61 Å². The Hall–Kier alpha value is -1.02. The maximum atomic E-state index is 5.92. The highest BCUT2D eigenvalue weighted by atomic mass is 16.5. The number of hydrogen-bond donors (Lipinski definition) is 1. The minimum absolute atomic E-state index is 0.0294. The molecule has 0 bridgehead atoms. The molecule has 2 nitrogen and oxygen atoms in total. The summed E-state index contributed by atoms with van der Waals surface area (Å²) in [4.78, 5) is 0. The van der Waals surface area contributed by atoms with E-state index in [-0.39, 0.29) is 6.04 Å². The Morgan fingerprint density at radius 1 is 1.31 bits per heavy atom. The van der Waals surface area contributed by atoms with Crippen molar-refractivity contribution in [2.24, 2.45) is 5.73 Å². The Morgan fingerprint density at radius 2 is 2.06 bits per heavy atom. The summed E-state index contributed by atoms with van der Waals surface area (Å²) in [6.45, 7) is 7.05. The van der Waals surface area contributed by atoms with Gasteiger partial charge in [0.15, 0.2) is 0 Å². The normalized spacial score (nSPS) is 12.5. The lowest BCUT2D eigenvalue weighted by atomic mass is 10.1. The van der Waals surface area contributed by atoms with Crippen molar-refractivity contribution in [3.05, 3.63) is 29.3 Å². The van der Waals surface area contributed by atoms with E-state index in [0.29, 0.717) is 0 Å². The lowest BCUT2D eigenvalue weighted by Gasteiger charge is -2.14. The Morgan fingerprint density at radius 3 is 2.69 bits per heavy atom. The molecule has 1 aromatic rings. The Balaban J connectivity index is 2.65. The molecule has 1 rings (SSSR count). The third-order valence-electron chi connectivity index (χ3n) is 2.67. The number of unbranched alkanes of at least 4 members (excludes halogenated alkanes) is 2. The minimum Gasteiger partial charge on any atom is -0.493 e. The lowest BCUT2D eigenvalue weighted by molar-refractivity contribution is 0.302. The van der Waals surface area contributed by atoms with Crippen LogP contribution in [0.4, 0.5) is 0 Å². The smallest absolute Gasteiger partial charge is 0.124 e. The monoisotopic (exact) mass is 221 g/mol. The Kier molecular flexibility index (Phi) is 5.33. The molecule has 0 heterocycles. The third kappa shape index (κ3) is 3.86. The molecule has 2 heteroatoms.